The maximum Gasteiger partial charge on any atom is 0.418 e. The lowest BCUT2D eigenvalue weighted by molar-refractivity contribution is -0.261. The average molecular weight is 409 g/mol. The molecule has 0 saturated heterocycles. The topological polar surface area (TPSA) is 74.4 Å². The minimum Gasteiger partial charge on any atom is -0.474 e. The molecule has 11 heteroatoms. The summed E-state index contributed by atoms with van der Waals surface area (Å²) >= 11 is 0. The molecule has 0 spiro atoms. The van der Waals surface area contributed by atoms with Crippen LogP contribution in [0.15, 0.2) is 30.7 Å². The highest BCUT2D eigenvalue weighted by Crippen LogP contribution is 2.40. The molecular weight excluding hydrogens is 394 g/mol. The third-order valence-corrected chi connectivity index (χ3v) is 4.76. The highest BCUT2D eigenvalue weighted by molar-refractivity contribution is 5.59. The Hall–Kier alpha value is -2.82. The highest BCUT2D eigenvalue weighted by atomic mass is 19.3. The number of nitrogens with zero attached hydrogens (tertiary/aromatic N) is 5. The minimum atomic E-state index is -3.57. The molecule has 5 rings (SSSR count). The zero-order valence-corrected chi connectivity index (χ0v) is 14.9. The molecule has 0 N–H and O–H groups in total. The maximum atomic E-state index is 14.4. The standard InChI is InChI=1S/C18H15F4N5O2/c19-17(20)5-12(6-17)28-15-4-1-10(7-24-15)13-9-27-14(8-23-13)25-26-16(27)18(21,22)29-11-2-3-11/h1,4,7-9,11-12H,2-3,5-6H2. The van der Waals surface area contributed by atoms with Crippen molar-refractivity contribution >= 4 is 5.65 Å². The largest absolute Gasteiger partial charge is 0.474 e. The van der Waals surface area contributed by atoms with Gasteiger partial charge in [-0.25, -0.2) is 13.8 Å². The maximum absolute atomic E-state index is 14.4. The summed E-state index contributed by atoms with van der Waals surface area (Å²) in [6, 6.07) is 3.14. The first-order valence-electron chi connectivity index (χ1n) is 9.07. The first-order valence-corrected chi connectivity index (χ1v) is 9.07. The molecule has 2 aliphatic carbocycles. The SMILES string of the molecule is FC1(F)CC(Oc2ccc(-c3cn4c(C(F)(F)OC5CC5)nnc4cn3)cn2)C1. The number of fused-ring (bicyclic) bond motifs is 1. The van der Waals surface area contributed by atoms with Crippen LogP contribution in [-0.2, 0) is 10.8 Å². The smallest absolute Gasteiger partial charge is 0.418 e. The van der Waals surface area contributed by atoms with Crippen LogP contribution in [0, 0.1) is 0 Å². The van der Waals surface area contributed by atoms with Crippen molar-refractivity contribution < 1.29 is 27.0 Å². The van der Waals surface area contributed by atoms with Gasteiger partial charge < -0.3 is 9.47 Å². The molecular formula is C18H15F4N5O2. The van der Waals surface area contributed by atoms with Crippen LogP contribution in [0.4, 0.5) is 17.6 Å². The van der Waals surface area contributed by atoms with Crippen LogP contribution in [0.25, 0.3) is 16.9 Å². The summed E-state index contributed by atoms with van der Waals surface area (Å²) in [7, 11) is 0. The van der Waals surface area contributed by atoms with Crippen molar-refractivity contribution in [2.45, 2.75) is 49.9 Å². The van der Waals surface area contributed by atoms with Gasteiger partial charge in [0.1, 0.15) is 6.10 Å². The van der Waals surface area contributed by atoms with E-state index in [4.69, 9.17) is 9.47 Å². The molecule has 29 heavy (non-hydrogen) atoms. The highest BCUT2D eigenvalue weighted by Gasteiger charge is 2.47. The molecule has 2 fully saturated rings. The number of rotatable bonds is 6. The summed E-state index contributed by atoms with van der Waals surface area (Å²) in [6.07, 6.45) is 0.0546. The fourth-order valence-corrected chi connectivity index (χ4v) is 3.06. The number of aromatic nitrogens is 5. The second-order valence-electron chi connectivity index (χ2n) is 7.25. The molecule has 3 heterocycles. The summed E-state index contributed by atoms with van der Waals surface area (Å²) in [6.45, 7) is 0. The monoisotopic (exact) mass is 409 g/mol. The first-order chi connectivity index (χ1) is 13.8. The van der Waals surface area contributed by atoms with Crippen molar-refractivity contribution in [2.75, 3.05) is 0 Å². The number of alkyl halides is 4. The summed E-state index contributed by atoms with van der Waals surface area (Å²) in [5.41, 5.74) is 1.04. The lowest BCUT2D eigenvalue weighted by Gasteiger charge is -2.34. The third-order valence-electron chi connectivity index (χ3n) is 4.76. The molecule has 7 nitrogen and oxygen atoms in total. The molecule has 0 aromatic carbocycles. The second kappa shape index (κ2) is 6.34. The van der Waals surface area contributed by atoms with Crippen molar-refractivity contribution in [3.05, 3.63) is 36.5 Å². The van der Waals surface area contributed by atoms with E-state index in [1.165, 1.54) is 24.7 Å². The van der Waals surface area contributed by atoms with E-state index in [0.29, 0.717) is 24.1 Å². The average Bonchev–Trinajstić information content (AvgIpc) is 3.34. The summed E-state index contributed by atoms with van der Waals surface area (Å²) < 4.78 is 65.8. The van der Waals surface area contributed by atoms with Crippen LogP contribution in [0.3, 0.4) is 0 Å². The van der Waals surface area contributed by atoms with Crippen molar-refractivity contribution in [3.8, 4) is 17.1 Å². The van der Waals surface area contributed by atoms with E-state index >= 15 is 0 Å². The number of halogens is 4. The van der Waals surface area contributed by atoms with Gasteiger partial charge >= 0.3 is 6.11 Å². The fourth-order valence-electron chi connectivity index (χ4n) is 3.06. The van der Waals surface area contributed by atoms with E-state index in [0.717, 1.165) is 4.40 Å². The van der Waals surface area contributed by atoms with E-state index in [2.05, 4.69) is 20.2 Å². The van der Waals surface area contributed by atoms with Crippen molar-refractivity contribution in [1.82, 2.24) is 24.6 Å². The van der Waals surface area contributed by atoms with Gasteiger partial charge in [-0.1, -0.05) is 0 Å². The first kappa shape index (κ1) is 18.2. The number of hydrogen-bond acceptors (Lipinski definition) is 6. The van der Waals surface area contributed by atoms with Gasteiger partial charge in [-0.2, -0.15) is 8.78 Å². The molecule has 0 atom stereocenters. The van der Waals surface area contributed by atoms with Gasteiger partial charge in [0.25, 0.3) is 5.92 Å². The Morgan fingerprint density at radius 3 is 2.48 bits per heavy atom. The number of ether oxygens (including phenoxy) is 2. The van der Waals surface area contributed by atoms with Gasteiger partial charge in [-0.05, 0) is 18.9 Å². The molecule has 0 aliphatic heterocycles. The Morgan fingerprint density at radius 1 is 1.03 bits per heavy atom. The summed E-state index contributed by atoms with van der Waals surface area (Å²) in [4.78, 5) is 8.28. The molecule has 3 aromatic rings. The Morgan fingerprint density at radius 2 is 1.83 bits per heavy atom. The number of pyridine rings is 1. The van der Waals surface area contributed by atoms with Gasteiger partial charge in [0.15, 0.2) is 5.65 Å². The van der Waals surface area contributed by atoms with Crippen LogP contribution in [-0.4, -0.2) is 42.7 Å². The van der Waals surface area contributed by atoms with E-state index in [-0.39, 0.29) is 24.4 Å². The molecule has 2 aliphatic rings. The Labute approximate surface area is 161 Å². The minimum absolute atomic E-state index is 0.154. The van der Waals surface area contributed by atoms with Gasteiger partial charge in [0.2, 0.25) is 11.7 Å². The zero-order valence-electron chi connectivity index (χ0n) is 14.9. The van der Waals surface area contributed by atoms with Crippen molar-refractivity contribution in [3.63, 3.8) is 0 Å². The summed E-state index contributed by atoms with van der Waals surface area (Å²) in [5, 5.41) is 7.27. The van der Waals surface area contributed by atoms with Gasteiger partial charge in [-0.3, -0.25) is 9.38 Å². The Bertz CT molecular complexity index is 1040. The summed E-state index contributed by atoms with van der Waals surface area (Å²) in [5.74, 6) is -3.09. The molecule has 152 valence electrons. The Kier molecular flexibility index (Phi) is 3.99. The fraction of sp³-hybridized carbons (Fsp3) is 0.444. The van der Waals surface area contributed by atoms with Gasteiger partial charge in [0, 0.05) is 36.9 Å². The van der Waals surface area contributed by atoms with Crippen LogP contribution in [0.1, 0.15) is 31.5 Å². The lowest BCUT2D eigenvalue weighted by Crippen LogP contribution is -2.43. The molecule has 2 saturated carbocycles. The quantitative estimate of drug-likeness (QED) is 0.580. The molecule has 0 radical (unpaired) electrons. The second-order valence-corrected chi connectivity index (χ2v) is 7.25. The molecule has 0 amide bonds. The van der Waals surface area contributed by atoms with Crippen LogP contribution in [0.2, 0.25) is 0 Å². The van der Waals surface area contributed by atoms with Crippen LogP contribution >= 0.6 is 0 Å². The Balaban J connectivity index is 1.38. The van der Waals surface area contributed by atoms with E-state index in [1.807, 2.05) is 0 Å². The normalized spacial score (nSPS) is 19.3. The third kappa shape index (κ3) is 3.61. The van der Waals surface area contributed by atoms with Gasteiger partial charge in [0.05, 0.1) is 18.0 Å². The van der Waals surface area contributed by atoms with Crippen molar-refractivity contribution in [1.29, 1.82) is 0 Å². The molecule has 3 aromatic heterocycles. The van der Waals surface area contributed by atoms with Crippen LogP contribution < -0.4 is 4.74 Å². The zero-order chi connectivity index (χ0) is 20.2. The van der Waals surface area contributed by atoms with E-state index in [1.54, 1.807) is 6.07 Å². The predicted octanol–water partition coefficient (Wildman–Crippen LogP) is 3.59. The van der Waals surface area contributed by atoms with E-state index < -0.39 is 30.1 Å². The predicted molar refractivity (Wildman–Crippen MR) is 90.6 cm³/mol. The molecule has 0 bridgehead atoms. The van der Waals surface area contributed by atoms with Gasteiger partial charge in [-0.15, -0.1) is 10.2 Å². The number of hydrogen-bond donors (Lipinski definition) is 0. The molecule has 0 unspecified atom stereocenters. The van der Waals surface area contributed by atoms with Crippen molar-refractivity contribution in [2.24, 2.45) is 0 Å². The lowest BCUT2D eigenvalue weighted by atomic mass is 9.91. The van der Waals surface area contributed by atoms with Crippen LogP contribution in [0.5, 0.6) is 5.88 Å². The van der Waals surface area contributed by atoms with E-state index in [9.17, 15) is 17.6 Å².